The molecule has 0 fully saturated rings. The number of rotatable bonds is 3. The van der Waals surface area contributed by atoms with Crippen molar-refractivity contribution in [2.45, 2.75) is 6.54 Å². The third-order valence-corrected chi connectivity index (χ3v) is 3.22. The number of nitrogens with zero attached hydrogens (tertiary/aromatic N) is 2. The molecule has 0 aliphatic rings. The summed E-state index contributed by atoms with van der Waals surface area (Å²) in [5, 5.41) is 11.3. The van der Waals surface area contributed by atoms with E-state index in [2.05, 4.69) is 20.5 Å². The molecule has 0 unspecified atom stereocenters. The van der Waals surface area contributed by atoms with Crippen LogP contribution >= 0.6 is 11.6 Å². The first-order chi connectivity index (χ1) is 9.74. The lowest BCUT2D eigenvalue weighted by Gasteiger charge is -2.06. The van der Waals surface area contributed by atoms with Gasteiger partial charge in [0.05, 0.1) is 6.20 Å². The molecule has 6 heteroatoms. The highest BCUT2D eigenvalue weighted by Gasteiger charge is 2.11. The first-order valence-corrected chi connectivity index (χ1v) is 6.43. The lowest BCUT2D eigenvalue weighted by molar-refractivity contribution is 0.0946. The largest absolute Gasteiger partial charge is 0.347 e. The smallest absolute Gasteiger partial charge is 0.270 e. The van der Waals surface area contributed by atoms with Gasteiger partial charge in [-0.05, 0) is 11.5 Å². The van der Waals surface area contributed by atoms with Crippen molar-refractivity contribution in [1.82, 2.24) is 20.5 Å². The van der Waals surface area contributed by atoms with Crippen LogP contribution in [-0.2, 0) is 6.54 Å². The molecule has 0 aliphatic heterocycles. The second-order valence-electron chi connectivity index (χ2n) is 4.31. The Hall–Kier alpha value is -2.40. The van der Waals surface area contributed by atoms with Crippen LogP contribution in [0.1, 0.15) is 16.1 Å². The number of carbonyl (C=O) groups is 1. The van der Waals surface area contributed by atoms with Crippen LogP contribution in [0, 0.1) is 0 Å². The van der Waals surface area contributed by atoms with Gasteiger partial charge in [-0.2, -0.15) is 5.10 Å². The van der Waals surface area contributed by atoms with E-state index in [1.807, 2.05) is 24.3 Å². The average Bonchev–Trinajstić information content (AvgIpc) is 2.98. The summed E-state index contributed by atoms with van der Waals surface area (Å²) in [5.41, 5.74) is 1.20. The van der Waals surface area contributed by atoms with E-state index < -0.39 is 0 Å². The van der Waals surface area contributed by atoms with Crippen LogP contribution in [0.4, 0.5) is 0 Å². The summed E-state index contributed by atoms with van der Waals surface area (Å²) >= 11 is 6.10. The van der Waals surface area contributed by atoms with Crippen LogP contribution in [0.2, 0.25) is 5.15 Å². The van der Waals surface area contributed by atoms with Crippen molar-refractivity contribution in [3.63, 3.8) is 0 Å². The number of carbonyl (C=O) groups excluding carboxylic acids is 1. The summed E-state index contributed by atoms with van der Waals surface area (Å²) < 4.78 is 0. The number of aromatic amines is 1. The van der Waals surface area contributed by atoms with Crippen LogP contribution in [0.3, 0.4) is 0 Å². The Morgan fingerprint density at radius 2 is 2.20 bits per heavy atom. The number of hydrogen-bond donors (Lipinski definition) is 2. The number of H-pyrrole nitrogens is 1. The van der Waals surface area contributed by atoms with E-state index in [1.54, 1.807) is 18.5 Å². The van der Waals surface area contributed by atoms with Gasteiger partial charge in [0.2, 0.25) is 0 Å². The molecule has 2 heterocycles. The molecular weight excluding hydrogens is 276 g/mol. The minimum Gasteiger partial charge on any atom is -0.347 e. The maximum atomic E-state index is 12.1. The molecule has 2 aromatic heterocycles. The Bertz CT molecular complexity index is 755. The van der Waals surface area contributed by atoms with Gasteiger partial charge in [-0.25, -0.2) is 4.98 Å². The zero-order valence-corrected chi connectivity index (χ0v) is 11.2. The fourth-order valence-corrected chi connectivity index (χ4v) is 2.18. The van der Waals surface area contributed by atoms with Gasteiger partial charge in [-0.15, -0.1) is 0 Å². The quantitative estimate of drug-likeness (QED) is 0.727. The van der Waals surface area contributed by atoms with E-state index >= 15 is 0 Å². The number of aromatic nitrogens is 3. The monoisotopic (exact) mass is 286 g/mol. The molecule has 3 aromatic rings. The number of fused-ring (bicyclic) bond motifs is 1. The number of amides is 1. The highest BCUT2D eigenvalue weighted by Crippen LogP contribution is 2.22. The van der Waals surface area contributed by atoms with Gasteiger partial charge in [-0.1, -0.05) is 35.9 Å². The highest BCUT2D eigenvalue weighted by atomic mass is 35.5. The van der Waals surface area contributed by atoms with Crippen molar-refractivity contribution >= 4 is 28.3 Å². The molecule has 0 bridgehead atoms. The first-order valence-electron chi connectivity index (χ1n) is 6.05. The molecule has 0 saturated heterocycles. The van der Waals surface area contributed by atoms with Crippen LogP contribution in [0.15, 0.2) is 42.7 Å². The summed E-state index contributed by atoms with van der Waals surface area (Å²) in [4.78, 5) is 16.2. The van der Waals surface area contributed by atoms with Crippen LogP contribution in [0.5, 0.6) is 0 Å². The number of pyridine rings is 1. The molecule has 1 aromatic carbocycles. The zero-order valence-electron chi connectivity index (χ0n) is 10.4. The topological polar surface area (TPSA) is 70.7 Å². The molecule has 5 nitrogen and oxygen atoms in total. The second-order valence-corrected chi connectivity index (χ2v) is 4.67. The van der Waals surface area contributed by atoms with Gasteiger partial charge < -0.3 is 5.32 Å². The van der Waals surface area contributed by atoms with Gasteiger partial charge >= 0.3 is 0 Å². The lowest BCUT2D eigenvalue weighted by Crippen LogP contribution is -2.23. The number of benzene rings is 1. The fourth-order valence-electron chi connectivity index (χ4n) is 1.92. The third-order valence-electron chi connectivity index (χ3n) is 2.93. The third kappa shape index (κ3) is 2.48. The molecular formula is C14H11ClN4O. The van der Waals surface area contributed by atoms with Crippen molar-refractivity contribution < 1.29 is 4.79 Å². The summed E-state index contributed by atoms with van der Waals surface area (Å²) in [7, 11) is 0. The average molecular weight is 287 g/mol. The Morgan fingerprint density at radius 3 is 3.00 bits per heavy atom. The summed E-state index contributed by atoms with van der Waals surface area (Å²) in [5.74, 6) is -0.265. The van der Waals surface area contributed by atoms with E-state index in [9.17, 15) is 4.79 Å². The predicted octanol–water partition coefficient (Wildman–Crippen LogP) is 2.54. The van der Waals surface area contributed by atoms with Crippen molar-refractivity contribution in [3.05, 3.63) is 59.1 Å². The van der Waals surface area contributed by atoms with E-state index in [0.717, 1.165) is 16.3 Å². The lowest BCUT2D eigenvalue weighted by atomic mass is 10.1. The molecule has 0 radical (unpaired) electrons. The predicted molar refractivity (Wildman–Crippen MR) is 76.5 cm³/mol. The fraction of sp³-hybridized carbons (Fsp3) is 0.0714. The molecule has 100 valence electrons. The van der Waals surface area contributed by atoms with E-state index in [1.165, 1.54) is 0 Å². The van der Waals surface area contributed by atoms with E-state index in [4.69, 9.17) is 11.6 Å². The summed E-state index contributed by atoms with van der Waals surface area (Å²) in [6.45, 7) is 0.390. The van der Waals surface area contributed by atoms with Gasteiger partial charge in [-0.3, -0.25) is 9.89 Å². The van der Waals surface area contributed by atoms with E-state index in [0.29, 0.717) is 17.4 Å². The van der Waals surface area contributed by atoms with Crippen LogP contribution in [0.25, 0.3) is 10.8 Å². The molecule has 3 rings (SSSR count). The Labute approximate surface area is 120 Å². The summed E-state index contributed by atoms with van der Waals surface area (Å²) in [6, 6.07) is 9.28. The standard InChI is InChI=1S/C14H11ClN4O/c15-13-11-4-2-1-3-10(11)5-12(19-13)14(20)16-6-9-7-17-18-8-9/h1-5,7-8H,6H2,(H,16,20)(H,17,18). The second kappa shape index (κ2) is 5.30. The van der Waals surface area contributed by atoms with Gasteiger partial charge in [0.1, 0.15) is 10.8 Å². The molecule has 0 aliphatic carbocycles. The van der Waals surface area contributed by atoms with Crippen molar-refractivity contribution in [1.29, 1.82) is 0 Å². The number of nitrogens with one attached hydrogen (secondary N) is 2. The minimum atomic E-state index is -0.265. The number of halogens is 1. The Balaban J connectivity index is 1.84. The molecule has 2 N–H and O–H groups in total. The molecule has 0 spiro atoms. The summed E-state index contributed by atoms with van der Waals surface area (Å²) in [6.07, 6.45) is 3.38. The minimum absolute atomic E-state index is 0.265. The van der Waals surface area contributed by atoms with Crippen molar-refractivity contribution in [2.24, 2.45) is 0 Å². The normalized spacial score (nSPS) is 10.7. The molecule has 0 saturated carbocycles. The number of hydrogen-bond acceptors (Lipinski definition) is 3. The van der Waals surface area contributed by atoms with Gasteiger partial charge in [0.15, 0.2) is 0 Å². The Morgan fingerprint density at radius 1 is 1.35 bits per heavy atom. The maximum absolute atomic E-state index is 12.1. The van der Waals surface area contributed by atoms with Crippen molar-refractivity contribution in [2.75, 3.05) is 0 Å². The van der Waals surface area contributed by atoms with Crippen molar-refractivity contribution in [3.8, 4) is 0 Å². The van der Waals surface area contributed by atoms with Crippen LogP contribution in [-0.4, -0.2) is 21.1 Å². The van der Waals surface area contributed by atoms with Gasteiger partial charge in [0, 0.05) is 23.7 Å². The SMILES string of the molecule is O=C(NCc1cn[nH]c1)c1cc2ccccc2c(Cl)n1. The molecule has 20 heavy (non-hydrogen) atoms. The van der Waals surface area contributed by atoms with Gasteiger partial charge in [0.25, 0.3) is 5.91 Å². The zero-order chi connectivity index (χ0) is 13.9. The Kier molecular flexibility index (Phi) is 3.35. The van der Waals surface area contributed by atoms with Crippen LogP contribution < -0.4 is 5.32 Å². The molecule has 1 amide bonds. The first kappa shape index (κ1) is 12.6. The highest BCUT2D eigenvalue weighted by molar-refractivity contribution is 6.34. The maximum Gasteiger partial charge on any atom is 0.270 e. The molecule has 0 atom stereocenters. The van der Waals surface area contributed by atoms with E-state index in [-0.39, 0.29) is 5.91 Å².